The van der Waals surface area contributed by atoms with Gasteiger partial charge in [0.2, 0.25) is 11.0 Å². The highest BCUT2D eigenvalue weighted by atomic mass is 32.1. The molecule has 4 aromatic carbocycles. The standard InChI is InChI=1S/C26H19N5O2S/c32-23(15-24-30-31-26(34-24)28-25(33)17-8-2-1-3-9-17)29-27-16-22-20-12-6-4-10-18(20)14-19-11-5-7-13-21(19)22/h1-14,16H,15H2,(H,29,32)(H,28,31,33)/b27-16-. The number of carbonyl (C=O) groups excluding carboxylic acids is 2. The molecule has 2 N–H and O–H groups in total. The summed E-state index contributed by atoms with van der Waals surface area (Å²) in [5.74, 6) is -0.599. The number of carbonyl (C=O) groups is 2. The molecular formula is C26H19N5O2S. The van der Waals surface area contributed by atoms with Crippen LogP contribution in [0.25, 0.3) is 21.5 Å². The van der Waals surface area contributed by atoms with Crippen LogP contribution in [0.4, 0.5) is 5.13 Å². The largest absolute Gasteiger partial charge is 0.296 e. The molecule has 0 radical (unpaired) electrons. The van der Waals surface area contributed by atoms with Crippen LogP contribution in [0.15, 0.2) is 90.0 Å². The average Bonchev–Trinajstić information content (AvgIpc) is 3.30. The van der Waals surface area contributed by atoms with Gasteiger partial charge in [-0.05, 0) is 39.7 Å². The predicted octanol–water partition coefficient (Wildman–Crippen LogP) is 4.79. The van der Waals surface area contributed by atoms with Crippen molar-refractivity contribution >= 4 is 56.0 Å². The Morgan fingerprint density at radius 3 is 2.21 bits per heavy atom. The van der Waals surface area contributed by atoms with Gasteiger partial charge in [0.1, 0.15) is 5.01 Å². The van der Waals surface area contributed by atoms with E-state index < -0.39 is 0 Å². The fourth-order valence-corrected chi connectivity index (χ4v) is 4.40. The quantitative estimate of drug-likeness (QED) is 0.214. The van der Waals surface area contributed by atoms with E-state index in [2.05, 4.69) is 44.2 Å². The van der Waals surface area contributed by atoms with Crippen LogP contribution in [-0.4, -0.2) is 28.2 Å². The first-order valence-electron chi connectivity index (χ1n) is 10.6. The van der Waals surface area contributed by atoms with Crippen molar-refractivity contribution < 1.29 is 9.59 Å². The van der Waals surface area contributed by atoms with Gasteiger partial charge in [-0.1, -0.05) is 78.1 Å². The maximum Gasteiger partial charge on any atom is 0.257 e. The first-order valence-corrected chi connectivity index (χ1v) is 11.4. The number of hydrazone groups is 1. The molecule has 34 heavy (non-hydrogen) atoms. The number of fused-ring (bicyclic) bond motifs is 2. The minimum Gasteiger partial charge on any atom is -0.296 e. The highest BCUT2D eigenvalue weighted by molar-refractivity contribution is 7.15. The van der Waals surface area contributed by atoms with Crippen molar-refractivity contribution in [2.45, 2.75) is 6.42 Å². The molecule has 0 saturated heterocycles. The Bertz CT molecular complexity index is 1470. The molecule has 0 atom stereocenters. The molecule has 1 aromatic heterocycles. The fraction of sp³-hybridized carbons (Fsp3) is 0.0385. The molecule has 0 fully saturated rings. The Hall–Kier alpha value is -4.43. The molecule has 166 valence electrons. The van der Waals surface area contributed by atoms with Crippen LogP contribution in [0.3, 0.4) is 0 Å². The average molecular weight is 466 g/mol. The van der Waals surface area contributed by atoms with Gasteiger partial charge in [-0.2, -0.15) is 5.10 Å². The maximum absolute atomic E-state index is 12.4. The summed E-state index contributed by atoms with van der Waals surface area (Å²) in [6.45, 7) is 0. The first-order chi connectivity index (χ1) is 16.7. The Kier molecular flexibility index (Phi) is 6.05. The minimum absolute atomic E-state index is 0.00645. The third-order valence-corrected chi connectivity index (χ3v) is 6.07. The second-order valence-corrected chi connectivity index (χ2v) is 8.59. The van der Waals surface area contributed by atoms with Crippen molar-refractivity contribution in [2.24, 2.45) is 5.10 Å². The lowest BCUT2D eigenvalue weighted by molar-refractivity contribution is -0.120. The van der Waals surface area contributed by atoms with E-state index >= 15 is 0 Å². The molecule has 0 saturated carbocycles. The Morgan fingerprint density at radius 1 is 0.853 bits per heavy atom. The number of benzene rings is 4. The molecule has 2 amide bonds. The first kappa shape index (κ1) is 21.4. The van der Waals surface area contributed by atoms with E-state index in [-0.39, 0.29) is 18.2 Å². The number of amides is 2. The van der Waals surface area contributed by atoms with Gasteiger partial charge in [0.05, 0.1) is 12.6 Å². The molecule has 0 bridgehead atoms. The molecule has 5 rings (SSSR count). The van der Waals surface area contributed by atoms with Crippen molar-refractivity contribution in [1.29, 1.82) is 0 Å². The summed E-state index contributed by atoms with van der Waals surface area (Å²) in [7, 11) is 0. The monoisotopic (exact) mass is 465 g/mol. The fourth-order valence-electron chi connectivity index (χ4n) is 3.67. The SMILES string of the molecule is O=C(Cc1nnc(NC(=O)c2ccccc2)s1)N/N=C\c1c2ccccc2cc2ccccc12. The summed E-state index contributed by atoms with van der Waals surface area (Å²) in [5.41, 5.74) is 4.03. The summed E-state index contributed by atoms with van der Waals surface area (Å²) in [6, 6.07) is 27.1. The zero-order valence-corrected chi connectivity index (χ0v) is 18.8. The van der Waals surface area contributed by atoms with Crippen LogP contribution in [0.1, 0.15) is 20.9 Å². The van der Waals surface area contributed by atoms with E-state index in [9.17, 15) is 9.59 Å². The van der Waals surface area contributed by atoms with Gasteiger partial charge in [0.25, 0.3) is 5.91 Å². The third-order valence-electron chi connectivity index (χ3n) is 5.23. The lowest BCUT2D eigenvalue weighted by atomic mass is 9.97. The van der Waals surface area contributed by atoms with Crippen LogP contribution in [0, 0.1) is 0 Å². The van der Waals surface area contributed by atoms with E-state index in [0.29, 0.717) is 15.7 Å². The van der Waals surface area contributed by atoms with E-state index in [1.165, 1.54) is 0 Å². The molecule has 1 heterocycles. The summed E-state index contributed by atoms with van der Waals surface area (Å²) < 4.78 is 0. The van der Waals surface area contributed by atoms with Gasteiger partial charge in [-0.3, -0.25) is 14.9 Å². The predicted molar refractivity (Wildman–Crippen MR) is 135 cm³/mol. The number of hydrogen-bond donors (Lipinski definition) is 2. The van der Waals surface area contributed by atoms with Crippen LogP contribution < -0.4 is 10.7 Å². The van der Waals surface area contributed by atoms with Crippen molar-refractivity contribution in [1.82, 2.24) is 15.6 Å². The summed E-state index contributed by atoms with van der Waals surface area (Å²) in [6.07, 6.45) is 1.68. The topological polar surface area (TPSA) is 96.3 Å². The van der Waals surface area contributed by atoms with Crippen LogP contribution in [0.2, 0.25) is 0 Å². The third kappa shape index (κ3) is 4.67. The molecule has 0 aliphatic rings. The van der Waals surface area contributed by atoms with Gasteiger partial charge in [-0.25, -0.2) is 5.43 Å². The summed E-state index contributed by atoms with van der Waals surface area (Å²) in [4.78, 5) is 24.6. The van der Waals surface area contributed by atoms with Gasteiger partial charge in [0.15, 0.2) is 0 Å². The van der Waals surface area contributed by atoms with Gasteiger partial charge >= 0.3 is 0 Å². The van der Waals surface area contributed by atoms with Crippen LogP contribution in [-0.2, 0) is 11.2 Å². The summed E-state index contributed by atoms with van der Waals surface area (Å²) >= 11 is 1.15. The molecule has 0 unspecified atom stereocenters. The van der Waals surface area contributed by atoms with Gasteiger partial charge in [-0.15, -0.1) is 10.2 Å². The van der Waals surface area contributed by atoms with E-state index in [1.807, 2.05) is 42.5 Å². The molecule has 7 nitrogen and oxygen atoms in total. The highest BCUT2D eigenvalue weighted by Crippen LogP contribution is 2.27. The molecular weight excluding hydrogens is 446 g/mol. The molecule has 8 heteroatoms. The summed E-state index contributed by atoms with van der Waals surface area (Å²) in [5, 5.41) is 20.0. The van der Waals surface area contributed by atoms with E-state index in [4.69, 9.17) is 0 Å². The second-order valence-electron chi connectivity index (χ2n) is 7.52. The number of anilines is 1. The van der Waals surface area contributed by atoms with Gasteiger partial charge in [0, 0.05) is 11.1 Å². The lowest BCUT2D eigenvalue weighted by Gasteiger charge is -2.07. The zero-order valence-electron chi connectivity index (χ0n) is 17.9. The van der Waals surface area contributed by atoms with Crippen molar-refractivity contribution in [3.8, 4) is 0 Å². The van der Waals surface area contributed by atoms with E-state index in [0.717, 1.165) is 38.4 Å². The maximum atomic E-state index is 12.4. The van der Waals surface area contributed by atoms with Crippen LogP contribution >= 0.6 is 11.3 Å². The van der Waals surface area contributed by atoms with Crippen molar-refractivity contribution in [3.63, 3.8) is 0 Å². The highest BCUT2D eigenvalue weighted by Gasteiger charge is 2.12. The lowest BCUT2D eigenvalue weighted by Crippen LogP contribution is -2.19. The second kappa shape index (κ2) is 9.60. The Labute approximate surface area is 199 Å². The number of rotatable bonds is 6. The smallest absolute Gasteiger partial charge is 0.257 e. The zero-order chi connectivity index (χ0) is 23.3. The number of hydrogen-bond acceptors (Lipinski definition) is 6. The van der Waals surface area contributed by atoms with Crippen molar-refractivity contribution in [3.05, 3.63) is 101 Å². The van der Waals surface area contributed by atoms with Gasteiger partial charge < -0.3 is 0 Å². The minimum atomic E-state index is -0.321. The molecule has 0 spiro atoms. The number of nitrogens with one attached hydrogen (secondary N) is 2. The Morgan fingerprint density at radius 2 is 1.50 bits per heavy atom. The Balaban J connectivity index is 1.26. The molecule has 0 aliphatic heterocycles. The van der Waals surface area contributed by atoms with Crippen molar-refractivity contribution in [2.75, 3.05) is 5.32 Å². The molecule has 5 aromatic rings. The number of aromatic nitrogens is 2. The number of nitrogens with zero attached hydrogens (tertiary/aromatic N) is 3. The molecule has 0 aliphatic carbocycles. The normalized spacial score (nSPS) is 11.2. The van der Waals surface area contributed by atoms with Crippen LogP contribution in [0.5, 0.6) is 0 Å². The van der Waals surface area contributed by atoms with E-state index in [1.54, 1.807) is 30.5 Å².